The summed E-state index contributed by atoms with van der Waals surface area (Å²) >= 11 is 0. The summed E-state index contributed by atoms with van der Waals surface area (Å²) in [7, 11) is 1.90. The van der Waals surface area contributed by atoms with E-state index >= 15 is 0 Å². The van der Waals surface area contributed by atoms with E-state index in [1.165, 1.54) is 16.8 Å². The largest absolute Gasteiger partial charge is 0.368 e. The molecule has 2 aromatic carbocycles. The van der Waals surface area contributed by atoms with Crippen molar-refractivity contribution in [3.63, 3.8) is 0 Å². The third-order valence-corrected chi connectivity index (χ3v) is 4.13. The average Bonchev–Trinajstić information content (AvgIpc) is 3.06. The fourth-order valence-electron chi connectivity index (χ4n) is 3.07. The van der Waals surface area contributed by atoms with Gasteiger partial charge in [0.2, 0.25) is 5.91 Å². The van der Waals surface area contributed by atoms with E-state index in [2.05, 4.69) is 5.10 Å². The van der Waals surface area contributed by atoms with E-state index in [0.717, 1.165) is 32.9 Å². The second-order valence-corrected chi connectivity index (χ2v) is 5.88. The maximum Gasteiger partial charge on any atom is 0.239 e. The van der Waals surface area contributed by atoms with Crippen LogP contribution in [0.3, 0.4) is 0 Å². The van der Waals surface area contributed by atoms with E-state index < -0.39 is 5.91 Å². The van der Waals surface area contributed by atoms with E-state index in [1.54, 1.807) is 12.3 Å². The van der Waals surface area contributed by atoms with Crippen molar-refractivity contribution >= 4 is 27.7 Å². The molecule has 0 aliphatic heterocycles. The van der Waals surface area contributed by atoms with Gasteiger partial charge in [0, 0.05) is 35.8 Å². The average molecular weight is 322 g/mol. The maximum absolute atomic E-state index is 13.5. The Hall–Kier alpha value is -3.15. The zero-order valence-corrected chi connectivity index (χ0v) is 13.0. The summed E-state index contributed by atoms with van der Waals surface area (Å²) in [4.78, 5) is 11.0. The van der Waals surface area contributed by atoms with E-state index in [9.17, 15) is 9.18 Å². The van der Waals surface area contributed by atoms with Gasteiger partial charge in [-0.05, 0) is 35.9 Å². The monoisotopic (exact) mass is 322 g/mol. The molecule has 0 saturated heterocycles. The highest BCUT2D eigenvalue weighted by Gasteiger charge is 2.11. The van der Waals surface area contributed by atoms with Crippen molar-refractivity contribution in [3.05, 3.63) is 54.6 Å². The first-order chi connectivity index (χ1) is 11.5. The van der Waals surface area contributed by atoms with Crippen LogP contribution in [-0.2, 0) is 18.4 Å². The fraction of sp³-hybridized carbons (Fsp3) is 0.111. The van der Waals surface area contributed by atoms with Crippen LogP contribution in [0.1, 0.15) is 0 Å². The van der Waals surface area contributed by atoms with Crippen molar-refractivity contribution in [2.45, 2.75) is 6.54 Å². The molecule has 2 aromatic heterocycles. The van der Waals surface area contributed by atoms with E-state index in [0.29, 0.717) is 0 Å². The number of nitrogens with two attached hydrogens (primary N) is 1. The van der Waals surface area contributed by atoms with Crippen molar-refractivity contribution < 1.29 is 9.18 Å². The minimum absolute atomic E-state index is 0.0531. The van der Waals surface area contributed by atoms with E-state index in [-0.39, 0.29) is 12.4 Å². The molecule has 0 fully saturated rings. The number of nitrogens with zero attached hydrogens (tertiary/aromatic N) is 3. The Morgan fingerprint density at radius 2 is 2.04 bits per heavy atom. The molecule has 0 radical (unpaired) electrons. The third-order valence-electron chi connectivity index (χ3n) is 4.13. The lowest BCUT2D eigenvalue weighted by Crippen LogP contribution is -2.18. The summed E-state index contributed by atoms with van der Waals surface area (Å²) in [5, 5.41) is 6.24. The first-order valence-electron chi connectivity index (χ1n) is 7.52. The first kappa shape index (κ1) is 14.4. The predicted molar refractivity (Wildman–Crippen MR) is 90.8 cm³/mol. The molecule has 24 heavy (non-hydrogen) atoms. The zero-order valence-electron chi connectivity index (χ0n) is 13.0. The normalized spacial score (nSPS) is 11.4. The van der Waals surface area contributed by atoms with Crippen molar-refractivity contribution in [3.8, 4) is 11.1 Å². The summed E-state index contributed by atoms with van der Waals surface area (Å²) in [5.74, 6) is -0.683. The van der Waals surface area contributed by atoms with Gasteiger partial charge in [-0.25, -0.2) is 4.39 Å². The smallest absolute Gasteiger partial charge is 0.239 e. The standard InChI is InChI=1S/C18H15FN4O/c1-22-9-15(14-4-3-13(19)7-17(14)22)11-2-5-16-12(6-11)8-23(21-16)10-18(20)24/h2-9H,10H2,1H3,(H2,20,24). The Bertz CT molecular complexity index is 1090. The first-order valence-corrected chi connectivity index (χ1v) is 7.52. The lowest BCUT2D eigenvalue weighted by Gasteiger charge is -2.00. The van der Waals surface area contributed by atoms with Crippen LogP contribution in [0.25, 0.3) is 32.9 Å². The molecule has 5 nitrogen and oxygen atoms in total. The van der Waals surface area contributed by atoms with Crippen LogP contribution in [0.2, 0.25) is 0 Å². The highest BCUT2D eigenvalue weighted by atomic mass is 19.1. The van der Waals surface area contributed by atoms with Crippen LogP contribution in [0.5, 0.6) is 0 Å². The number of primary amides is 1. The topological polar surface area (TPSA) is 65.8 Å². The number of halogens is 1. The molecule has 0 saturated carbocycles. The molecule has 0 atom stereocenters. The van der Waals surface area contributed by atoms with Gasteiger partial charge in [0.1, 0.15) is 12.4 Å². The van der Waals surface area contributed by atoms with Crippen LogP contribution in [0.4, 0.5) is 4.39 Å². The van der Waals surface area contributed by atoms with Gasteiger partial charge in [0.25, 0.3) is 0 Å². The summed E-state index contributed by atoms with van der Waals surface area (Å²) in [6.07, 6.45) is 3.79. The van der Waals surface area contributed by atoms with Crippen LogP contribution in [-0.4, -0.2) is 20.3 Å². The van der Waals surface area contributed by atoms with Gasteiger partial charge in [-0.1, -0.05) is 6.07 Å². The van der Waals surface area contributed by atoms with Gasteiger partial charge in [-0.2, -0.15) is 5.10 Å². The summed E-state index contributed by atoms with van der Waals surface area (Å²) < 4.78 is 16.9. The summed E-state index contributed by atoms with van der Waals surface area (Å²) in [5.41, 5.74) is 8.89. The van der Waals surface area contributed by atoms with Crippen LogP contribution < -0.4 is 5.73 Å². The van der Waals surface area contributed by atoms with Crippen molar-refractivity contribution in [1.29, 1.82) is 0 Å². The number of amides is 1. The molecule has 4 aromatic rings. The number of aromatic nitrogens is 3. The molecule has 120 valence electrons. The van der Waals surface area contributed by atoms with Gasteiger partial charge in [0.05, 0.1) is 11.0 Å². The van der Waals surface area contributed by atoms with Crippen molar-refractivity contribution in [1.82, 2.24) is 14.3 Å². The van der Waals surface area contributed by atoms with Crippen LogP contribution in [0.15, 0.2) is 48.8 Å². The molecule has 0 spiro atoms. The quantitative estimate of drug-likeness (QED) is 0.630. The van der Waals surface area contributed by atoms with Gasteiger partial charge in [-0.15, -0.1) is 0 Å². The Labute approximate surface area is 137 Å². The lowest BCUT2D eigenvalue weighted by atomic mass is 10.0. The number of benzene rings is 2. The number of fused-ring (bicyclic) bond motifs is 2. The fourth-order valence-corrected chi connectivity index (χ4v) is 3.07. The third kappa shape index (κ3) is 2.32. The molecule has 2 N–H and O–H groups in total. The molecular formula is C18H15FN4O. The Morgan fingerprint density at radius 1 is 1.21 bits per heavy atom. The molecule has 6 heteroatoms. The summed E-state index contributed by atoms with van der Waals surface area (Å²) in [6.45, 7) is 0.0531. The lowest BCUT2D eigenvalue weighted by molar-refractivity contribution is -0.118. The number of rotatable bonds is 3. The second kappa shape index (κ2) is 5.19. The Morgan fingerprint density at radius 3 is 2.83 bits per heavy atom. The van der Waals surface area contributed by atoms with Gasteiger partial charge < -0.3 is 10.3 Å². The maximum atomic E-state index is 13.5. The molecule has 2 heterocycles. The predicted octanol–water partition coefficient (Wildman–Crippen LogP) is 2.82. The highest BCUT2D eigenvalue weighted by Crippen LogP contribution is 2.32. The van der Waals surface area contributed by atoms with Gasteiger partial charge in [-0.3, -0.25) is 9.48 Å². The highest BCUT2D eigenvalue weighted by molar-refractivity contribution is 5.98. The molecular weight excluding hydrogens is 307 g/mol. The van der Waals surface area contributed by atoms with Crippen molar-refractivity contribution in [2.24, 2.45) is 12.8 Å². The molecule has 0 aliphatic rings. The SMILES string of the molecule is Cn1cc(-c2ccc3nn(CC(N)=O)cc3c2)c2ccc(F)cc21. The molecule has 1 amide bonds. The zero-order chi connectivity index (χ0) is 16.8. The second-order valence-electron chi connectivity index (χ2n) is 5.88. The minimum Gasteiger partial charge on any atom is -0.368 e. The number of aryl methyl sites for hydroxylation is 1. The number of carbonyl (C=O) groups is 1. The number of hydrogen-bond acceptors (Lipinski definition) is 2. The van der Waals surface area contributed by atoms with E-state index in [4.69, 9.17) is 5.73 Å². The molecule has 0 unspecified atom stereocenters. The van der Waals surface area contributed by atoms with Crippen LogP contribution in [0, 0.1) is 5.82 Å². The minimum atomic E-state index is -0.431. The number of carbonyl (C=O) groups excluding carboxylic acids is 1. The number of hydrogen-bond donors (Lipinski definition) is 1. The molecule has 0 aliphatic carbocycles. The molecule has 4 rings (SSSR count). The van der Waals surface area contributed by atoms with Crippen LogP contribution >= 0.6 is 0 Å². The van der Waals surface area contributed by atoms with Gasteiger partial charge >= 0.3 is 0 Å². The Kier molecular flexibility index (Phi) is 3.13. The Balaban J connectivity index is 1.86. The van der Waals surface area contributed by atoms with Crippen molar-refractivity contribution in [2.75, 3.05) is 0 Å². The van der Waals surface area contributed by atoms with E-state index in [1.807, 2.05) is 36.0 Å². The summed E-state index contributed by atoms with van der Waals surface area (Å²) in [6, 6.07) is 10.7. The molecule has 0 bridgehead atoms. The van der Waals surface area contributed by atoms with Gasteiger partial charge in [0.15, 0.2) is 0 Å².